The summed E-state index contributed by atoms with van der Waals surface area (Å²) in [6.45, 7) is 1.61. The molecule has 154 valence electrons. The van der Waals surface area contributed by atoms with Crippen LogP contribution in [0.1, 0.15) is 29.4 Å². The highest BCUT2D eigenvalue weighted by Gasteiger charge is 2.38. The van der Waals surface area contributed by atoms with Crippen LogP contribution in [-0.2, 0) is 10.3 Å². The zero-order valence-corrected chi connectivity index (χ0v) is 16.3. The Balaban J connectivity index is 1.64. The number of halogens is 2. The van der Waals surface area contributed by atoms with Crippen LogP contribution in [0.4, 0.5) is 14.5 Å². The third-order valence-corrected chi connectivity index (χ3v) is 5.21. The van der Waals surface area contributed by atoms with Gasteiger partial charge in [0.15, 0.2) is 5.96 Å². The number of nitrogens with zero attached hydrogens (tertiary/aromatic N) is 2. The van der Waals surface area contributed by atoms with Crippen LogP contribution in [0.15, 0.2) is 47.5 Å². The smallest absolute Gasteiger partial charge is 0.272 e. The summed E-state index contributed by atoms with van der Waals surface area (Å²) in [7, 11) is 1.50. The lowest BCUT2D eigenvalue weighted by molar-refractivity contribution is -0.128. The fourth-order valence-corrected chi connectivity index (χ4v) is 3.50. The van der Waals surface area contributed by atoms with Crippen LogP contribution in [0.3, 0.4) is 0 Å². The van der Waals surface area contributed by atoms with E-state index in [9.17, 15) is 18.4 Å². The maximum atomic E-state index is 14.6. The number of hydrogen-bond acceptors (Lipinski definition) is 4. The summed E-state index contributed by atoms with van der Waals surface area (Å²) in [5, 5.41) is 3.24. The lowest BCUT2D eigenvalue weighted by atomic mass is 9.87. The number of nitrogens with two attached hydrogens (primary N) is 1. The Morgan fingerprint density at radius 1 is 1.23 bits per heavy atom. The van der Waals surface area contributed by atoms with Crippen molar-refractivity contribution in [1.82, 2.24) is 9.88 Å². The standard InChI is InChI=1S/C21H19F2N5O2/c1-21(10-18(29)28(2)20(24)27-21)14-9-13(4-5-15(14)23)25-19(30)17-8-11-7-12(22)3-6-16(11)26-17/h3-9,26H,10H2,1-2H3,(H2,24,27)(H,25,30). The number of fused-ring (bicyclic) bond motifs is 1. The predicted octanol–water partition coefficient (Wildman–Crippen LogP) is 3.09. The number of aliphatic imine (C=N–C) groups is 1. The van der Waals surface area contributed by atoms with Gasteiger partial charge in [0.05, 0.1) is 12.0 Å². The van der Waals surface area contributed by atoms with Crippen molar-refractivity contribution in [3.63, 3.8) is 0 Å². The molecule has 1 unspecified atom stereocenters. The number of H-pyrrole nitrogens is 1. The molecule has 0 saturated heterocycles. The number of benzene rings is 2. The largest absolute Gasteiger partial charge is 0.369 e. The molecule has 1 aliphatic rings. The van der Waals surface area contributed by atoms with E-state index in [2.05, 4.69) is 15.3 Å². The minimum Gasteiger partial charge on any atom is -0.369 e. The maximum absolute atomic E-state index is 14.6. The monoisotopic (exact) mass is 411 g/mol. The van der Waals surface area contributed by atoms with Crippen LogP contribution in [0.5, 0.6) is 0 Å². The third-order valence-electron chi connectivity index (χ3n) is 5.21. The topological polar surface area (TPSA) is 104 Å². The van der Waals surface area contributed by atoms with E-state index in [-0.39, 0.29) is 29.5 Å². The fraction of sp³-hybridized carbons (Fsp3) is 0.190. The molecule has 2 amide bonds. The number of hydrogen-bond donors (Lipinski definition) is 3. The minimum atomic E-state index is -1.20. The van der Waals surface area contributed by atoms with Crippen molar-refractivity contribution >= 4 is 34.4 Å². The molecule has 2 aromatic carbocycles. The molecule has 1 aromatic heterocycles. The van der Waals surface area contributed by atoms with E-state index in [0.717, 1.165) is 0 Å². The second kappa shape index (κ2) is 6.94. The predicted molar refractivity (Wildman–Crippen MR) is 109 cm³/mol. The molecule has 0 aliphatic carbocycles. The van der Waals surface area contributed by atoms with Gasteiger partial charge in [0.2, 0.25) is 5.91 Å². The number of nitrogens with one attached hydrogen (secondary N) is 2. The molecule has 1 atom stereocenters. The van der Waals surface area contributed by atoms with Gasteiger partial charge in [-0.1, -0.05) is 0 Å². The van der Waals surface area contributed by atoms with Gasteiger partial charge in [-0.2, -0.15) is 0 Å². The number of carbonyl (C=O) groups excluding carboxylic acids is 2. The number of rotatable bonds is 3. The summed E-state index contributed by atoms with van der Waals surface area (Å²) in [5.74, 6) is -1.74. The summed E-state index contributed by atoms with van der Waals surface area (Å²) in [5.41, 5.74) is 5.91. The first-order chi connectivity index (χ1) is 14.2. The lowest BCUT2D eigenvalue weighted by Gasteiger charge is -2.34. The first kappa shape index (κ1) is 19.6. The number of amides is 2. The molecule has 4 N–H and O–H groups in total. The van der Waals surface area contributed by atoms with E-state index >= 15 is 0 Å². The highest BCUT2D eigenvalue weighted by atomic mass is 19.1. The van der Waals surface area contributed by atoms with Gasteiger partial charge in [-0.05, 0) is 49.4 Å². The molecule has 2 heterocycles. The quantitative estimate of drug-likeness (QED) is 0.617. The van der Waals surface area contributed by atoms with Crippen molar-refractivity contribution in [2.45, 2.75) is 18.9 Å². The average molecular weight is 411 g/mol. The maximum Gasteiger partial charge on any atom is 0.272 e. The molecule has 30 heavy (non-hydrogen) atoms. The van der Waals surface area contributed by atoms with Crippen LogP contribution < -0.4 is 11.1 Å². The van der Waals surface area contributed by atoms with Crippen molar-refractivity contribution in [2.24, 2.45) is 10.7 Å². The summed E-state index contributed by atoms with van der Waals surface area (Å²) >= 11 is 0. The number of aromatic nitrogens is 1. The van der Waals surface area contributed by atoms with Gasteiger partial charge < -0.3 is 16.0 Å². The Morgan fingerprint density at radius 3 is 2.73 bits per heavy atom. The summed E-state index contributed by atoms with van der Waals surface area (Å²) in [4.78, 5) is 33.3. The molecule has 3 aromatic rings. The molecule has 1 aliphatic heterocycles. The fourth-order valence-electron chi connectivity index (χ4n) is 3.50. The normalized spacial score (nSPS) is 19.1. The van der Waals surface area contributed by atoms with Crippen molar-refractivity contribution in [3.05, 3.63) is 65.4 Å². The molecule has 0 spiro atoms. The van der Waals surface area contributed by atoms with Crippen LogP contribution >= 0.6 is 0 Å². The zero-order valence-electron chi connectivity index (χ0n) is 16.3. The van der Waals surface area contributed by atoms with Crippen molar-refractivity contribution in [3.8, 4) is 0 Å². The molecular weight excluding hydrogens is 392 g/mol. The first-order valence-corrected chi connectivity index (χ1v) is 9.18. The molecule has 7 nitrogen and oxygen atoms in total. The Hall–Kier alpha value is -3.75. The lowest BCUT2D eigenvalue weighted by Crippen LogP contribution is -2.47. The Labute approximate surface area is 170 Å². The molecule has 9 heteroatoms. The van der Waals surface area contributed by atoms with E-state index in [4.69, 9.17) is 5.73 Å². The zero-order chi connectivity index (χ0) is 21.6. The second-order valence-electron chi connectivity index (χ2n) is 7.44. The number of guanidine groups is 1. The van der Waals surface area contributed by atoms with E-state index in [1.807, 2.05) is 0 Å². The summed E-state index contributed by atoms with van der Waals surface area (Å²) in [6.07, 6.45) is -0.0634. The number of anilines is 1. The van der Waals surface area contributed by atoms with Crippen LogP contribution in [-0.4, -0.2) is 34.7 Å². The molecule has 0 radical (unpaired) electrons. The Kier molecular flexibility index (Phi) is 4.53. The van der Waals surface area contributed by atoms with Crippen molar-refractivity contribution < 1.29 is 18.4 Å². The van der Waals surface area contributed by atoms with E-state index < -0.39 is 23.1 Å². The SMILES string of the molecule is CN1C(=O)CC(C)(c2cc(NC(=O)c3cc4cc(F)ccc4[nH]3)ccc2F)N=C1N. The Morgan fingerprint density at radius 2 is 2.00 bits per heavy atom. The average Bonchev–Trinajstić information content (AvgIpc) is 3.11. The molecule has 0 bridgehead atoms. The van der Waals surface area contributed by atoms with Gasteiger partial charge in [-0.25, -0.2) is 13.8 Å². The second-order valence-corrected chi connectivity index (χ2v) is 7.44. The highest BCUT2D eigenvalue weighted by molar-refractivity contribution is 6.06. The van der Waals surface area contributed by atoms with E-state index in [1.165, 1.54) is 54.4 Å². The number of carbonyl (C=O) groups is 2. The summed E-state index contributed by atoms with van der Waals surface area (Å²) in [6, 6.07) is 9.72. The van der Waals surface area contributed by atoms with Gasteiger partial charge in [-0.15, -0.1) is 0 Å². The van der Waals surface area contributed by atoms with Crippen molar-refractivity contribution in [2.75, 3.05) is 12.4 Å². The molecule has 4 rings (SSSR count). The Bertz CT molecular complexity index is 1220. The molecular formula is C21H19F2N5O2. The number of aromatic amines is 1. The molecule has 0 fully saturated rings. The van der Waals surface area contributed by atoms with Gasteiger partial charge in [0, 0.05) is 29.2 Å². The van der Waals surface area contributed by atoms with Gasteiger partial charge >= 0.3 is 0 Å². The van der Waals surface area contributed by atoms with Crippen LogP contribution in [0.25, 0.3) is 10.9 Å². The van der Waals surface area contributed by atoms with Gasteiger partial charge in [0.1, 0.15) is 17.3 Å². The molecule has 0 saturated carbocycles. The van der Waals surface area contributed by atoms with Crippen LogP contribution in [0, 0.1) is 11.6 Å². The van der Waals surface area contributed by atoms with Crippen LogP contribution in [0.2, 0.25) is 0 Å². The van der Waals surface area contributed by atoms with Gasteiger partial charge in [-0.3, -0.25) is 14.5 Å². The van der Waals surface area contributed by atoms with Gasteiger partial charge in [0.25, 0.3) is 5.91 Å². The van der Waals surface area contributed by atoms with E-state index in [0.29, 0.717) is 16.6 Å². The minimum absolute atomic E-state index is 0.00658. The summed E-state index contributed by atoms with van der Waals surface area (Å²) < 4.78 is 28.0. The highest BCUT2D eigenvalue weighted by Crippen LogP contribution is 2.36. The van der Waals surface area contributed by atoms with E-state index in [1.54, 1.807) is 6.92 Å². The first-order valence-electron chi connectivity index (χ1n) is 9.18. The van der Waals surface area contributed by atoms with Crippen molar-refractivity contribution in [1.29, 1.82) is 0 Å². The third kappa shape index (κ3) is 3.38.